The molecule has 0 spiro atoms. The lowest BCUT2D eigenvalue weighted by atomic mass is 10.2. The molecule has 0 saturated heterocycles. The van der Waals surface area contributed by atoms with E-state index in [1.165, 1.54) is 11.9 Å². The molecular weight excluding hydrogens is 412 g/mol. The zero-order valence-corrected chi connectivity index (χ0v) is 18.6. The minimum atomic E-state index is -0.415. The van der Waals surface area contributed by atoms with E-state index in [0.29, 0.717) is 23.0 Å². The molecule has 1 atom stereocenters. The molecule has 0 unspecified atom stereocenters. The van der Waals surface area contributed by atoms with E-state index in [1.807, 2.05) is 30.3 Å². The number of carbonyl (C=O) groups is 1. The van der Waals surface area contributed by atoms with Gasteiger partial charge in [-0.15, -0.1) is 0 Å². The van der Waals surface area contributed by atoms with E-state index >= 15 is 0 Å². The summed E-state index contributed by atoms with van der Waals surface area (Å²) >= 11 is 1.22. The van der Waals surface area contributed by atoms with Gasteiger partial charge in [0.1, 0.15) is 11.1 Å². The summed E-state index contributed by atoms with van der Waals surface area (Å²) in [4.78, 5) is 17.0. The first kappa shape index (κ1) is 22.9. The largest absolute Gasteiger partial charge is 0.351 e. The molecule has 1 aromatic heterocycles. The first-order valence-electron chi connectivity index (χ1n) is 8.79. The Morgan fingerprint density at radius 1 is 1.18 bits per heavy atom. The minimum absolute atomic E-state index is 0.0761. The van der Waals surface area contributed by atoms with E-state index in [0.717, 1.165) is 5.56 Å². The Balaban J connectivity index is 1.97. The van der Waals surface area contributed by atoms with Gasteiger partial charge in [-0.3, -0.25) is 15.5 Å². The Hall–Kier alpha value is -1.39. The van der Waals surface area contributed by atoms with Gasteiger partial charge in [0.2, 0.25) is 5.91 Å². The zero-order valence-electron chi connectivity index (χ0n) is 16.1. The van der Waals surface area contributed by atoms with Crippen LogP contribution in [0.5, 0.6) is 0 Å². The number of nitrogens with zero attached hydrogens (tertiary/aromatic N) is 1. The Morgan fingerprint density at radius 3 is 2.61 bits per heavy atom. The molecule has 28 heavy (non-hydrogen) atoms. The predicted octanol–water partition coefficient (Wildman–Crippen LogP) is 4.34. The van der Waals surface area contributed by atoms with Gasteiger partial charge in [0.25, 0.3) is 0 Å². The van der Waals surface area contributed by atoms with E-state index in [-0.39, 0.29) is 10.7 Å². The van der Waals surface area contributed by atoms with Crippen molar-refractivity contribution in [2.24, 2.45) is 0 Å². The van der Waals surface area contributed by atoms with Crippen LogP contribution >= 0.6 is 33.5 Å². The van der Waals surface area contributed by atoms with E-state index in [9.17, 15) is 10.0 Å². The number of anilines is 1. The number of hydrogen-bond donors (Lipinski definition) is 4. The van der Waals surface area contributed by atoms with Crippen LogP contribution in [0.3, 0.4) is 0 Å². The van der Waals surface area contributed by atoms with Crippen molar-refractivity contribution in [3.63, 3.8) is 0 Å². The lowest BCUT2D eigenvalue weighted by Crippen LogP contribution is -2.43. The third-order valence-corrected chi connectivity index (χ3v) is 7.63. The topological polar surface area (TPSA) is 86.3 Å². The number of nitrogens with one attached hydrogen (secondary N) is 3. The molecule has 0 saturated carbocycles. The molecule has 0 aliphatic rings. The molecule has 1 amide bonds. The third-order valence-electron chi connectivity index (χ3n) is 3.36. The summed E-state index contributed by atoms with van der Waals surface area (Å²) in [6, 6.07) is 12.8. The van der Waals surface area contributed by atoms with Gasteiger partial charge in [-0.25, -0.2) is 9.71 Å². The highest BCUT2D eigenvalue weighted by molar-refractivity contribution is 8.77. The highest BCUT2D eigenvalue weighted by Gasteiger charge is 2.21. The van der Waals surface area contributed by atoms with Crippen LogP contribution in [-0.4, -0.2) is 32.6 Å². The van der Waals surface area contributed by atoms with Crippen molar-refractivity contribution in [1.82, 2.24) is 15.0 Å². The fraction of sp³-hybridized carbons (Fsp3) is 0.368. The molecule has 2 aromatic rings. The van der Waals surface area contributed by atoms with Crippen LogP contribution in [0.2, 0.25) is 0 Å². The maximum absolute atomic E-state index is 12.8. The number of benzene rings is 1. The van der Waals surface area contributed by atoms with Crippen LogP contribution in [0.4, 0.5) is 5.69 Å². The van der Waals surface area contributed by atoms with Gasteiger partial charge in [-0.05, 0) is 29.6 Å². The Bertz CT molecular complexity index is 741. The summed E-state index contributed by atoms with van der Waals surface area (Å²) < 4.78 is 3.30. The van der Waals surface area contributed by atoms with Gasteiger partial charge < -0.3 is 5.32 Å². The normalized spacial score (nSPS) is 12.4. The van der Waals surface area contributed by atoms with Gasteiger partial charge in [0, 0.05) is 23.2 Å². The van der Waals surface area contributed by atoms with E-state index in [4.69, 9.17) is 0 Å². The fourth-order valence-electron chi connectivity index (χ4n) is 2.03. The summed E-state index contributed by atoms with van der Waals surface area (Å²) in [6.45, 7) is 6.91. The fourth-order valence-corrected chi connectivity index (χ4v) is 5.39. The number of hydrogen-bond acceptors (Lipinski definition) is 8. The quantitative estimate of drug-likeness (QED) is 0.248. The van der Waals surface area contributed by atoms with E-state index in [2.05, 4.69) is 41.3 Å². The highest BCUT2D eigenvalue weighted by atomic mass is 33.1. The molecule has 1 aromatic carbocycles. The summed E-state index contributed by atoms with van der Waals surface area (Å²) in [6.07, 6.45) is 1.64. The van der Waals surface area contributed by atoms with E-state index in [1.54, 1.807) is 39.9 Å². The summed E-state index contributed by atoms with van der Waals surface area (Å²) in [7, 11) is 3.40. The number of pyridine rings is 1. The van der Waals surface area contributed by atoms with Crippen molar-refractivity contribution in [2.45, 2.75) is 43.1 Å². The molecule has 1 heterocycles. The van der Waals surface area contributed by atoms with Crippen molar-refractivity contribution >= 4 is 45.1 Å². The molecule has 152 valence electrons. The molecule has 2 rings (SSSR count). The molecule has 9 heteroatoms. The molecule has 0 radical (unpaired) electrons. The smallest absolute Gasteiger partial charge is 0.239 e. The third kappa shape index (κ3) is 8.32. The Kier molecular flexibility index (Phi) is 9.46. The lowest BCUT2D eigenvalue weighted by molar-refractivity contribution is -0.122. The molecule has 6 nitrogen and oxygen atoms in total. The number of carbonyl (C=O) groups excluding carboxylic acids is 1. The minimum Gasteiger partial charge on any atom is -0.351 e. The molecule has 0 fully saturated rings. The van der Waals surface area contributed by atoms with Crippen LogP contribution in [-0.2, 0) is 11.3 Å². The van der Waals surface area contributed by atoms with Crippen molar-refractivity contribution in [3.05, 3.63) is 54.2 Å². The maximum Gasteiger partial charge on any atom is 0.239 e. The van der Waals surface area contributed by atoms with Gasteiger partial charge in [0.05, 0.1) is 5.69 Å². The maximum atomic E-state index is 12.8. The van der Waals surface area contributed by atoms with Crippen molar-refractivity contribution in [2.75, 3.05) is 11.2 Å². The van der Waals surface area contributed by atoms with Gasteiger partial charge in [0.15, 0.2) is 0 Å². The molecule has 0 aliphatic carbocycles. The average molecular weight is 439 g/mol. The average Bonchev–Trinajstić information content (AvgIpc) is 2.69. The standard InChI is InChI=1S/C19H26N4O2S3/c1-19(2,3)28-26-13-16(17(24)21-12-14-8-5-4-6-9-14)23-27-18-15(22-25)10-7-11-20-18/h4-11,16,22-23,25H,12-13H2,1-3H3,(H,21,24)/t16-/m0/s1. The highest BCUT2D eigenvalue weighted by Crippen LogP contribution is 2.35. The Labute approximate surface area is 178 Å². The van der Waals surface area contributed by atoms with Crippen LogP contribution in [0.1, 0.15) is 26.3 Å². The number of aromatic nitrogens is 1. The second-order valence-corrected chi connectivity index (χ2v) is 10.9. The van der Waals surface area contributed by atoms with Crippen LogP contribution in [0.15, 0.2) is 53.7 Å². The monoisotopic (exact) mass is 438 g/mol. The number of rotatable bonds is 10. The van der Waals surface area contributed by atoms with Gasteiger partial charge in [-0.1, -0.05) is 72.7 Å². The second kappa shape index (κ2) is 11.6. The zero-order chi connectivity index (χ0) is 20.4. The molecule has 0 bridgehead atoms. The van der Waals surface area contributed by atoms with Crippen LogP contribution < -0.4 is 15.5 Å². The predicted molar refractivity (Wildman–Crippen MR) is 121 cm³/mol. The second-order valence-electron chi connectivity index (χ2n) is 6.92. The first-order valence-corrected chi connectivity index (χ1v) is 11.9. The lowest BCUT2D eigenvalue weighted by Gasteiger charge is -2.21. The van der Waals surface area contributed by atoms with Gasteiger partial charge in [-0.2, -0.15) is 0 Å². The summed E-state index contributed by atoms with van der Waals surface area (Å²) in [5, 5.41) is 12.8. The molecule has 4 N–H and O–H groups in total. The first-order chi connectivity index (χ1) is 13.4. The van der Waals surface area contributed by atoms with Crippen molar-refractivity contribution in [3.8, 4) is 0 Å². The van der Waals surface area contributed by atoms with E-state index < -0.39 is 6.04 Å². The summed E-state index contributed by atoms with van der Waals surface area (Å²) in [5.41, 5.74) is 3.66. The van der Waals surface area contributed by atoms with Gasteiger partial charge >= 0.3 is 0 Å². The number of amides is 1. The van der Waals surface area contributed by atoms with Crippen LogP contribution in [0, 0.1) is 0 Å². The Morgan fingerprint density at radius 2 is 1.93 bits per heavy atom. The molecular formula is C19H26N4O2S3. The van der Waals surface area contributed by atoms with Crippen molar-refractivity contribution in [1.29, 1.82) is 0 Å². The molecule has 0 aliphatic heterocycles. The van der Waals surface area contributed by atoms with Crippen LogP contribution in [0.25, 0.3) is 0 Å². The SMILES string of the molecule is CC(C)(C)SSC[C@H](NSc1ncccc1NO)C(=O)NCc1ccccc1. The van der Waals surface area contributed by atoms with Crippen molar-refractivity contribution < 1.29 is 10.0 Å². The summed E-state index contributed by atoms with van der Waals surface area (Å²) in [5.74, 6) is 0.525.